The van der Waals surface area contributed by atoms with E-state index in [1.807, 2.05) is 11.3 Å². The molecule has 1 aliphatic heterocycles. The first kappa shape index (κ1) is 15.0. The molecule has 0 spiro atoms. The standard InChI is InChI=1S/C15H27N3S/c1-4-16-13(11-15-6-5-9-19-15)10-14-12-17(2)7-8-18(14)3/h5-6,9,13-14,16H,4,7-8,10-12H2,1-3H3. The number of hydrogen-bond acceptors (Lipinski definition) is 4. The molecule has 1 N–H and O–H groups in total. The number of piperazine rings is 1. The Hall–Kier alpha value is -0.420. The summed E-state index contributed by atoms with van der Waals surface area (Å²) in [6, 6.07) is 5.69. The molecule has 0 aliphatic carbocycles. The number of hydrogen-bond donors (Lipinski definition) is 1. The van der Waals surface area contributed by atoms with Crippen LogP contribution in [0.15, 0.2) is 17.5 Å². The molecule has 1 fully saturated rings. The molecule has 0 radical (unpaired) electrons. The zero-order valence-electron chi connectivity index (χ0n) is 12.4. The summed E-state index contributed by atoms with van der Waals surface area (Å²) in [6.45, 7) is 6.85. The molecule has 0 amide bonds. The summed E-state index contributed by atoms with van der Waals surface area (Å²) in [7, 11) is 4.51. The third-order valence-electron chi connectivity index (χ3n) is 4.06. The van der Waals surface area contributed by atoms with Crippen LogP contribution in [0.25, 0.3) is 0 Å². The van der Waals surface area contributed by atoms with Crippen molar-refractivity contribution < 1.29 is 0 Å². The maximum atomic E-state index is 3.67. The molecule has 4 heteroatoms. The highest BCUT2D eigenvalue weighted by Gasteiger charge is 2.25. The van der Waals surface area contributed by atoms with Crippen LogP contribution in [0.5, 0.6) is 0 Å². The van der Waals surface area contributed by atoms with E-state index >= 15 is 0 Å². The van der Waals surface area contributed by atoms with Crippen molar-refractivity contribution in [2.24, 2.45) is 0 Å². The maximum Gasteiger partial charge on any atom is 0.0235 e. The van der Waals surface area contributed by atoms with Gasteiger partial charge in [-0.25, -0.2) is 0 Å². The Bertz CT molecular complexity index is 352. The second-order valence-electron chi connectivity index (χ2n) is 5.67. The lowest BCUT2D eigenvalue weighted by molar-refractivity contribution is 0.101. The van der Waals surface area contributed by atoms with E-state index in [9.17, 15) is 0 Å². The molecule has 1 aromatic heterocycles. The third kappa shape index (κ3) is 4.56. The van der Waals surface area contributed by atoms with Crippen LogP contribution in [-0.2, 0) is 6.42 Å². The molecule has 1 aromatic rings. The van der Waals surface area contributed by atoms with E-state index in [1.54, 1.807) is 0 Å². The van der Waals surface area contributed by atoms with Crippen LogP contribution in [0, 0.1) is 0 Å². The Labute approximate surface area is 121 Å². The quantitative estimate of drug-likeness (QED) is 0.859. The van der Waals surface area contributed by atoms with Gasteiger partial charge in [-0.05, 0) is 44.9 Å². The molecular weight excluding hydrogens is 254 g/mol. The minimum absolute atomic E-state index is 0.600. The normalized spacial score (nSPS) is 23.6. The van der Waals surface area contributed by atoms with Crippen molar-refractivity contribution in [3.63, 3.8) is 0 Å². The lowest BCUT2D eigenvalue weighted by Gasteiger charge is -2.39. The van der Waals surface area contributed by atoms with Gasteiger partial charge in [-0.2, -0.15) is 0 Å². The van der Waals surface area contributed by atoms with Crippen molar-refractivity contribution in [3.05, 3.63) is 22.4 Å². The van der Waals surface area contributed by atoms with Crippen molar-refractivity contribution in [1.29, 1.82) is 0 Å². The molecule has 1 aliphatic rings. The maximum absolute atomic E-state index is 3.67. The van der Waals surface area contributed by atoms with E-state index in [1.165, 1.54) is 37.4 Å². The molecule has 2 atom stereocenters. The van der Waals surface area contributed by atoms with Gasteiger partial charge in [0.25, 0.3) is 0 Å². The van der Waals surface area contributed by atoms with Crippen LogP contribution in [0.4, 0.5) is 0 Å². The van der Waals surface area contributed by atoms with Crippen LogP contribution < -0.4 is 5.32 Å². The Balaban J connectivity index is 1.91. The van der Waals surface area contributed by atoms with Gasteiger partial charge in [-0.15, -0.1) is 11.3 Å². The Morgan fingerprint density at radius 3 is 2.95 bits per heavy atom. The highest BCUT2D eigenvalue weighted by Crippen LogP contribution is 2.17. The molecule has 0 bridgehead atoms. The fourth-order valence-corrected chi connectivity index (χ4v) is 3.67. The number of rotatable bonds is 6. The smallest absolute Gasteiger partial charge is 0.0235 e. The van der Waals surface area contributed by atoms with Crippen LogP contribution in [-0.4, -0.2) is 62.2 Å². The summed E-state index contributed by atoms with van der Waals surface area (Å²) in [6.07, 6.45) is 2.41. The van der Waals surface area contributed by atoms with E-state index in [0.29, 0.717) is 12.1 Å². The van der Waals surface area contributed by atoms with E-state index in [4.69, 9.17) is 0 Å². The van der Waals surface area contributed by atoms with Gasteiger partial charge in [0.15, 0.2) is 0 Å². The van der Waals surface area contributed by atoms with E-state index in [0.717, 1.165) is 6.54 Å². The monoisotopic (exact) mass is 281 g/mol. The van der Waals surface area contributed by atoms with Gasteiger partial charge in [0.1, 0.15) is 0 Å². The second-order valence-corrected chi connectivity index (χ2v) is 6.70. The van der Waals surface area contributed by atoms with Gasteiger partial charge >= 0.3 is 0 Å². The van der Waals surface area contributed by atoms with Crippen LogP contribution in [0.1, 0.15) is 18.2 Å². The van der Waals surface area contributed by atoms with Gasteiger partial charge < -0.3 is 15.1 Å². The van der Waals surface area contributed by atoms with E-state index in [2.05, 4.69) is 53.6 Å². The molecule has 2 rings (SSSR count). The SMILES string of the molecule is CCNC(Cc1cccs1)CC1CN(C)CCN1C. The van der Waals surface area contributed by atoms with Gasteiger partial charge in [0.2, 0.25) is 0 Å². The van der Waals surface area contributed by atoms with E-state index < -0.39 is 0 Å². The molecule has 108 valence electrons. The number of nitrogens with zero attached hydrogens (tertiary/aromatic N) is 2. The average Bonchev–Trinajstić information content (AvgIpc) is 2.87. The minimum atomic E-state index is 0.600. The van der Waals surface area contributed by atoms with Gasteiger partial charge in [0.05, 0.1) is 0 Å². The van der Waals surface area contributed by atoms with Crippen molar-refractivity contribution in [3.8, 4) is 0 Å². The fourth-order valence-electron chi connectivity index (χ4n) is 2.88. The topological polar surface area (TPSA) is 18.5 Å². The zero-order valence-corrected chi connectivity index (χ0v) is 13.2. The summed E-state index contributed by atoms with van der Waals surface area (Å²) < 4.78 is 0. The fraction of sp³-hybridized carbons (Fsp3) is 0.733. The largest absolute Gasteiger partial charge is 0.314 e. The Morgan fingerprint density at radius 2 is 2.26 bits per heavy atom. The zero-order chi connectivity index (χ0) is 13.7. The lowest BCUT2D eigenvalue weighted by atomic mass is 10.0. The molecule has 0 saturated carbocycles. The highest BCUT2D eigenvalue weighted by atomic mass is 32.1. The molecule has 0 aromatic carbocycles. The Kier molecular flexibility index (Phi) is 5.82. The minimum Gasteiger partial charge on any atom is -0.314 e. The highest BCUT2D eigenvalue weighted by molar-refractivity contribution is 7.09. The first-order valence-corrected chi connectivity index (χ1v) is 8.21. The third-order valence-corrected chi connectivity index (χ3v) is 4.96. The molecule has 19 heavy (non-hydrogen) atoms. The van der Waals surface area contributed by atoms with Crippen molar-refractivity contribution in [1.82, 2.24) is 15.1 Å². The summed E-state index contributed by atoms with van der Waals surface area (Å²) in [5, 5.41) is 5.84. The van der Waals surface area contributed by atoms with Crippen LogP contribution in [0.2, 0.25) is 0 Å². The molecular formula is C15H27N3S. The first-order valence-electron chi connectivity index (χ1n) is 7.33. The summed E-state index contributed by atoms with van der Waals surface area (Å²) >= 11 is 1.88. The van der Waals surface area contributed by atoms with Crippen molar-refractivity contribution in [2.45, 2.75) is 31.8 Å². The predicted molar refractivity (Wildman–Crippen MR) is 84.0 cm³/mol. The second kappa shape index (κ2) is 7.39. The van der Waals surface area contributed by atoms with E-state index in [-0.39, 0.29) is 0 Å². The van der Waals surface area contributed by atoms with Crippen molar-refractivity contribution >= 4 is 11.3 Å². The van der Waals surface area contributed by atoms with Crippen LogP contribution >= 0.6 is 11.3 Å². The Morgan fingerprint density at radius 1 is 1.42 bits per heavy atom. The summed E-state index contributed by atoms with van der Waals surface area (Å²) in [5.41, 5.74) is 0. The van der Waals surface area contributed by atoms with Gasteiger partial charge in [0, 0.05) is 36.6 Å². The lowest BCUT2D eigenvalue weighted by Crippen LogP contribution is -2.52. The molecule has 2 heterocycles. The van der Waals surface area contributed by atoms with Crippen molar-refractivity contribution in [2.75, 3.05) is 40.3 Å². The number of thiophene rings is 1. The molecule has 1 saturated heterocycles. The van der Waals surface area contributed by atoms with Crippen LogP contribution in [0.3, 0.4) is 0 Å². The predicted octanol–water partition coefficient (Wildman–Crippen LogP) is 1.90. The number of nitrogens with one attached hydrogen (secondary N) is 1. The average molecular weight is 281 g/mol. The first-order chi connectivity index (χ1) is 9.19. The summed E-state index contributed by atoms with van der Waals surface area (Å²) in [4.78, 5) is 6.48. The molecule has 3 nitrogen and oxygen atoms in total. The van der Waals surface area contributed by atoms with Gasteiger partial charge in [-0.3, -0.25) is 0 Å². The number of likely N-dealkylation sites (N-methyl/N-ethyl adjacent to an activating group) is 3. The summed E-state index contributed by atoms with van der Waals surface area (Å²) in [5.74, 6) is 0. The molecule has 2 unspecified atom stereocenters. The van der Waals surface area contributed by atoms with Gasteiger partial charge in [-0.1, -0.05) is 13.0 Å².